The first kappa shape index (κ1) is 11.6. The molecular weight excluding hydrogens is 334 g/mol. The lowest BCUT2D eigenvalue weighted by Crippen LogP contribution is -1.78. The number of rotatable bonds is 3. The van der Waals surface area contributed by atoms with E-state index in [4.69, 9.17) is 4.42 Å². The van der Waals surface area contributed by atoms with E-state index in [-0.39, 0.29) is 0 Å². The van der Waals surface area contributed by atoms with Crippen molar-refractivity contribution in [3.05, 3.63) is 46.8 Å². The Morgan fingerprint density at radius 2 is 2.25 bits per heavy atom. The average Bonchev–Trinajstić information content (AvgIpc) is 2.72. The number of aromatic nitrogens is 1. The van der Waals surface area contributed by atoms with Gasteiger partial charge in [0.25, 0.3) is 0 Å². The van der Waals surface area contributed by atoms with E-state index in [0.29, 0.717) is 11.2 Å². The maximum Gasteiger partial charge on any atom is 0.226 e. The number of oxazole rings is 1. The molecule has 0 saturated carbocycles. The smallest absolute Gasteiger partial charge is 0.226 e. The van der Waals surface area contributed by atoms with Gasteiger partial charge in [-0.15, -0.1) is 0 Å². The van der Waals surface area contributed by atoms with Gasteiger partial charge in [0.1, 0.15) is 11.5 Å². The molecule has 0 saturated heterocycles. The van der Waals surface area contributed by atoms with Gasteiger partial charge in [-0.25, -0.2) is 4.98 Å². The van der Waals surface area contributed by atoms with Crippen molar-refractivity contribution in [1.29, 1.82) is 0 Å². The SMILES string of the molecule is C=Cc1nc(-c2cccc(Br)c2)oc1CBr. The molecule has 4 heteroatoms. The van der Waals surface area contributed by atoms with Crippen molar-refractivity contribution >= 4 is 37.9 Å². The van der Waals surface area contributed by atoms with Crippen molar-refractivity contribution in [1.82, 2.24) is 4.98 Å². The van der Waals surface area contributed by atoms with Crippen molar-refractivity contribution < 1.29 is 4.42 Å². The fourth-order valence-corrected chi connectivity index (χ4v) is 2.16. The summed E-state index contributed by atoms with van der Waals surface area (Å²) in [5.41, 5.74) is 1.73. The minimum atomic E-state index is 0.616. The monoisotopic (exact) mass is 341 g/mol. The molecule has 0 N–H and O–H groups in total. The number of hydrogen-bond donors (Lipinski definition) is 0. The number of halogens is 2. The quantitative estimate of drug-likeness (QED) is 0.759. The molecule has 0 unspecified atom stereocenters. The van der Waals surface area contributed by atoms with E-state index in [2.05, 4.69) is 43.4 Å². The van der Waals surface area contributed by atoms with E-state index >= 15 is 0 Å². The molecule has 0 fully saturated rings. The molecule has 0 aliphatic heterocycles. The van der Waals surface area contributed by atoms with Crippen LogP contribution in [-0.2, 0) is 5.33 Å². The Morgan fingerprint density at radius 3 is 2.81 bits per heavy atom. The lowest BCUT2D eigenvalue weighted by Gasteiger charge is -1.95. The maximum absolute atomic E-state index is 5.65. The molecule has 2 rings (SSSR count). The van der Waals surface area contributed by atoms with E-state index < -0.39 is 0 Å². The van der Waals surface area contributed by atoms with E-state index in [9.17, 15) is 0 Å². The van der Waals surface area contributed by atoms with Crippen molar-refractivity contribution in [3.63, 3.8) is 0 Å². The highest BCUT2D eigenvalue weighted by atomic mass is 79.9. The Hall–Kier alpha value is -0.870. The van der Waals surface area contributed by atoms with Gasteiger partial charge >= 0.3 is 0 Å². The first-order chi connectivity index (χ1) is 7.74. The summed E-state index contributed by atoms with van der Waals surface area (Å²) in [5.74, 6) is 1.41. The molecule has 0 spiro atoms. The van der Waals surface area contributed by atoms with Crippen LogP contribution in [0.2, 0.25) is 0 Å². The number of nitrogens with zero attached hydrogens (tertiary/aromatic N) is 1. The predicted molar refractivity (Wildman–Crippen MR) is 72.4 cm³/mol. The van der Waals surface area contributed by atoms with E-state index in [1.807, 2.05) is 24.3 Å². The normalized spacial score (nSPS) is 10.4. The van der Waals surface area contributed by atoms with E-state index in [1.54, 1.807) is 6.08 Å². The fraction of sp³-hybridized carbons (Fsp3) is 0.0833. The van der Waals surface area contributed by atoms with Gasteiger partial charge in [0, 0.05) is 10.0 Å². The molecule has 2 nitrogen and oxygen atoms in total. The highest BCUT2D eigenvalue weighted by molar-refractivity contribution is 9.10. The number of hydrogen-bond acceptors (Lipinski definition) is 2. The van der Waals surface area contributed by atoms with Crippen LogP contribution >= 0.6 is 31.9 Å². The summed E-state index contributed by atoms with van der Waals surface area (Å²) in [5, 5.41) is 0.634. The van der Waals surface area contributed by atoms with Gasteiger partial charge in [0.2, 0.25) is 5.89 Å². The molecule has 0 atom stereocenters. The topological polar surface area (TPSA) is 26.0 Å². The second-order valence-electron chi connectivity index (χ2n) is 3.18. The summed E-state index contributed by atoms with van der Waals surface area (Å²) in [6.45, 7) is 3.71. The molecule has 0 aliphatic rings. The highest BCUT2D eigenvalue weighted by Gasteiger charge is 2.11. The van der Waals surface area contributed by atoms with Crippen LogP contribution in [0.15, 0.2) is 39.7 Å². The van der Waals surface area contributed by atoms with Gasteiger partial charge in [0.15, 0.2) is 0 Å². The van der Waals surface area contributed by atoms with Crippen LogP contribution in [0.5, 0.6) is 0 Å². The summed E-state index contributed by atoms with van der Waals surface area (Å²) in [6.07, 6.45) is 1.70. The Morgan fingerprint density at radius 1 is 1.44 bits per heavy atom. The van der Waals surface area contributed by atoms with Crippen LogP contribution < -0.4 is 0 Å². The Bertz CT molecular complexity index is 519. The van der Waals surface area contributed by atoms with Crippen molar-refractivity contribution in [3.8, 4) is 11.5 Å². The van der Waals surface area contributed by atoms with Gasteiger partial charge in [-0.3, -0.25) is 0 Å². The summed E-state index contributed by atoms with van der Waals surface area (Å²) in [4.78, 5) is 4.38. The molecule has 1 aromatic heterocycles. The summed E-state index contributed by atoms with van der Waals surface area (Å²) < 4.78 is 6.65. The second kappa shape index (κ2) is 4.97. The zero-order valence-electron chi connectivity index (χ0n) is 8.41. The van der Waals surface area contributed by atoms with Crippen molar-refractivity contribution in [2.75, 3.05) is 0 Å². The van der Waals surface area contributed by atoms with Crippen LogP contribution in [0.3, 0.4) is 0 Å². The Balaban J connectivity index is 2.48. The third kappa shape index (κ3) is 2.28. The highest BCUT2D eigenvalue weighted by Crippen LogP contribution is 2.26. The van der Waals surface area contributed by atoms with Crippen LogP contribution in [0.25, 0.3) is 17.5 Å². The fourth-order valence-electron chi connectivity index (χ4n) is 1.36. The van der Waals surface area contributed by atoms with Crippen LogP contribution in [0, 0.1) is 0 Å². The zero-order chi connectivity index (χ0) is 11.5. The predicted octanol–water partition coefficient (Wildman–Crippen LogP) is 4.64. The molecule has 2 aromatic rings. The van der Waals surface area contributed by atoms with Crippen LogP contribution in [-0.4, -0.2) is 4.98 Å². The van der Waals surface area contributed by atoms with Gasteiger partial charge < -0.3 is 4.42 Å². The molecule has 1 aromatic carbocycles. The number of alkyl halides is 1. The van der Waals surface area contributed by atoms with Gasteiger partial charge in [-0.05, 0) is 24.3 Å². The Kier molecular flexibility index (Phi) is 3.61. The Labute approximate surface area is 111 Å². The molecule has 1 heterocycles. The van der Waals surface area contributed by atoms with E-state index in [0.717, 1.165) is 21.5 Å². The molecule has 0 radical (unpaired) electrons. The lowest BCUT2D eigenvalue weighted by atomic mass is 10.2. The maximum atomic E-state index is 5.65. The zero-order valence-corrected chi connectivity index (χ0v) is 11.6. The third-order valence-electron chi connectivity index (χ3n) is 2.11. The third-order valence-corrected chi connectivity index (χ3v) is 3.12. The van der Waals surface area contributed by atoms with Crippen molar-refractivity contribution in [2.24, 2.45) is 0 Å². The minimum absolute atomic E-state index is 0.616. The van der Waals surface area contributed by atoms with Crippen LogP contribution in [0.4, 0.5) is 0 Å². The molecular formula is C12H9Br2NO. The summed E-state index contributed by atoms with van der Waals surface area (Å²) in [7, 11) is 0. The molecule has 16 heavy (non-hydrogen) atoms. The minimum Gasteiger partial charge on any atom is -0.440 e. The average molecular weight is 343 g/mol. The van der Waals surface area contributed by atoms with E-state index in [1.165, 1.54) is 0 Å². The first-order valence-corrected chi connectivity index (χ1v) is 6.60. The lowest BCUT2D eigenvalue weighted by molar-refractivity contribution is 0.539. The van der Waals surface area contributed by atoms with Gasteiger partial charge in [-0.2, -0.15) is 0 Å². The second-order valence-corrected chi connectivity index (χ2v) is 4.65. The molecule has 82 valence electrons. The standard InChI is InChI=1S/C12H9Br2NO/c1-2-10-11(7-13)16-12(15-10)8-4-3-5-9(14)6-8/h2-6H,1,7H2. The molecule has 0 amide bonds. The number of benzene rings is 1. The summed E-state index contributed by atoms with van der Waals surface area (Å²) >= 11 is 6.78. The largest absolute Gasteiger partial charge is 0.440 e. The van der Waals surface area contributed by atoms with Crippen molar-refractivity contribution in [2.45, 2.75) is 5.33 Å². The van der Waals surface area contributed by atoms with Gasteiger partial charge in [-0.1, -0.05) is 44.5 Å². The summed E-state index contributed by atoms with van der Waals surface area (Å²) in [6, 6.07) is 7.84. The van der Waals surface area contributed by atoms with Crippen LogP contribution in [0.1, 0.15) is 11.5 Å². The van der Waals surface area contributed by atoms with Gasteiger partial charge in [0.05, 0.1) is 5.33 Å². The first-order valence-electron chi connectivity index (χ1n) is 4.68. The molecule has 0 aliphatic carbocycles. The molecule has 0 bridgehead atoms.